The first-order chi connectivity index (χ1) is 8.06. The maximum absolute atomic E-state index is 5.54. The number of rotatable bonds is 4. The second kappa shape index (κ2) is 4.87. The predicted octanol–water partition coefficient (Wildman–Crippen LogP) is 3.20. The summed E-state index contributed by atoms with van der Waals surface area (Å²) in [5.41, 5.74) is 0. The maximum Gasteiger partial charge on any atom is 0.205 e. The van der Waals surface area contributed by atoms with Gasteiger partial charge in [0.05, 0.1) is 6.54 Å². The van der Waals surface area contributed by atoms with Gasteiger partial charge in [-0.3, -0.25) is 0 Å². The highest BCUT2D eigenvalue weighted by molar-refractivity contribution is 7.09. The van der Waals surface area contributed by atoms with Crippen LogP contribution in [0.15, 0.2) is 16.5 Å². The van der Waals surface area contributed by atoms with Crippen LogP contribution in [0.2, 0.25) is 0 Å². The van der Waals surface area contributed by atoms with Crippen LogP contribution in [0.1, 0.15) is 37.1 Å². The lowest BCUT2D eigenvalue weighted by molar-refractivity contribution is 0.481. The minimum absolute atomic E-state index is 0.374. The molecule has 17 heavy (non-hydrogen) atoms. The molecule has 0 saturated heterocycles. The lowest BCUT2D eigenvalue weighted by Crippen LogP contribution is -2.15. The topological polar surface area (TPSA) is 42.2 Å². The van der Waals surface area contributed by atoms with E-state index in [1.165, 1.54) is 11.5 Å². The number of aromatic nitrogens is 2. The van der Waals surface area contributed by atoms with Gasteiger partial charge in [-0.1, -0.05) is 13.8 Å². The van der Waals surface area contributed by atoms with E-state index in [-0.39, 0.29) is 0 Å². The molecule has 0 aliphatic heterocycles. The molecule has 0 N–H and O–H groups in total. The monoisotopic (exact) mass is 251 g/mol. The number of aryl methyl sites for hydroxylation is 1. The lowest BCUT2D eigenvalue weighted by atomic mass is 10.2. The molecule has 2 heterocycles. The van der Waals surface area contributed by atoms with E-state index in [1.807, 2.05) is 26.1 Å². The molecule has 5 heteroatoms. The third-order valence-electron chi connectivity index (χ3n) is 2.46. The second-order valence-corrected chi connectivity index (χ2v) is 5.19. The molecule has 0 aliphatic carbocycles. The van der Waals surface area contributed by atoms with Crippen molar-refractivity contribution in [2.75, 3.05) is 11.9 Å². The van der Waals surface area contributed by atoms with Crippen molar-refractivity contribution in [1.29, 1.82) is 0 Å². The summed E-state index contributed by atoms with van der Waals surface area (Å²) in [5.74, 6) is 3.17. The Hall–Kier alpha value is -1.36. The molecule has 2 aromatic heterocycles. The fourth-order valence-corrected chi connectivity index (χ4v) is 2.25. The maximum atomic E-state index is 5.54. The van der Waals surface area contributed by atoms with E-state index in [2.05, 4.69) is 28.1 Å². The molecule has 0 radical (unpaired) electrons. The van der Waals surface area contributed by atoms with Crippen LogP contribution in [0.4, 0.5) is 5.13 Å². The number of furan rings is 1. The minimum Gasteiger partial charge on any atom is -0.464 e. The van der Waals surface area contributed by atoms with E-state index in [0.717, 1.165) is 29.0 Å². The normalized spacial score (nSPS) is 11.1. The van der Waals surface area contributed by atoms with Crippen LogP contribution >= 0.6 is 11.5 Å². The zero-order valence-electron chi connectivity index (χ0n) is 10.6. The van der Waals surface area contributed by atoms with Gasteiger partial charge in [0.2, 0.25) is 5.13 Å². The third-order valence-corrected chi connectivity index (χ3v) is 3.31. The van der Waals surface area contributed by atoms with E-state index >= 15 is 0 Å². The van der Waals surface area contributed by atoms with Crippen molar-refractivity contribution in [3.05, 3.63) is 29.5 Å². The number of nitrogens with zero attached hydrogens (tertiary/aromatic N) is 3. The Morgan fingerprint density at radius 1 is 1.41 bits per heavy atom. The molecule has 92 valence electrons. The molecule has 0 aliphatic rings. The summed E-state index contributed by atoms with van der Waals surface area (Å²) in [7, 11) is 2.00. The number of anilines is 1. The Balaban J connectivity index is 2.06. The molecule has 0 amide bonds. The molecule has 0 aromatic carbocycles. The van der Waals surface area contributed by atoms with Crippen molar-refractivity contribution in [2.24, 2.45) is 0 Å². The summed E-state index contributed by atoms with van der Waals surface area (Å²) in [6, 6.07) is 3.97. The van der Waals surface area contributed by atoms with Gasteiger partial charge in [-0.05, 0) is 19.1 Å². The summed E-state index contributed by atoms with van der Waals surface area (Å²) in [6.07, 6.45) is 0. The van der Waals surface area contributed by atoms with Crippen molar-refractivity contribution in [3.8, 4) is 0 Å². The van der Waals surface area contributed by atoms with Crippen LogP contribution in [0.5, 0.6) is 0 Å². The van der Waals surface area contributed by atoms with Crippen LogP contribution in [0.3, 0.4) is 0 Å². The van der Waals surface area contributed by atoms with Gasteiger partial charge in [0, 0.05) is 24.5 Å². The first kappa shape index (κ1) is 12.1. The van der Waals surface area contributed by atoms with Crippen molar-refractivity contribution < 1.29 is 4.42 Å². The van der Waals surface area contributed by atoms with Crippen LogP contribution in [0.25, 0.3) is 0 Å². The smallest absolute Gasteiger partial charge is 0.205 e. The van der Waals surface area contributed by atoms with Gasteiger partial charge in [-0.15, -0.1) is 0 Å². The molecule has 0 bridgehead atoms. The van der Waals surface area contributed by atoms with E-state index in [0.29, 0.717) is 5.92 Å². The van der Waals surface area contributed by atoms with E-state index in [9.17, 15) is 0 Å². The summed E-state index contributed by atoms with van der Waals surface area (Å²) < 4.78 is 9.89. The van der Waals surface area contributed by atoms with Gasteiger partial charge < -0.3 is 9.32 Å². The Morgan fingerprint density at radius 3 is 2.71 bits per heavy atom. The highest BCUT2D eigenvalue weighted by Crippen LogP contribution is 2.22. The highest BCUT2D eigenvalue weighted by atomic mass is 32.1. The van der Waals surface area contributed by atoms with Crippen molar-refractivity contribution >= 4 is 16.7 Å². The van der Waals surface area contributed by atoms with Gasteiger partial charge in [-0.25, -0.2) is 4.98 Å². The first-order valence-electron chi connectivity index (χ1n) is 5.66. The number of hydrogen-bond donors (Lipinski definition) is 0. The molecule has 0 spiro atoms. The van der Waals surface area contributed by atoms with Crippen molar-refractivity contribution in [3.63, 3.8) is 0 Å². The van der Waals surface area contributed by atoms with E-state index < -0.39 is 0 Å². The average Bonchev–Trinajstić information content (AvgIpc) is 2.86. The van der Waals surface area contributed by atoms with Gasteiger partial charge in [0.25, 0.3) is 0 Å². The molecule has 0 fully saturated rings. The molecule has 0 saturated carbocycles. The second-order valence-electron chi connectivity index (χ2n) is 4.46. The van der Waals surface area contributed by atoms with Gasteiger partial charge in [-0.2, -0.15) is 4.37 Å². The molecular weight excluding hydrogens is 234 g/mol. The SMILES string of the molecule is Cc1ccc(CN(C)c2nc(C(C)C)ns2)o1. The van der Waals surface area contributed by atoms with Crippen molar-refractivity contribution in [1.82, 2.24) is 9.36 Å². The summed E-state index contributed by atoms with van der Waals surface area (Å²) in [5, 5.41) is 0.933. The Kier molecular flexibility index (Phi) is 3.47. The fraction of sp³-hybridized carbons (Fsp3) is 0.500. The van der Waals surface area contributed by atoms with Crippen LogP contribution in [-0.4, -0.2) is 16.4 Å². The summed E-state index contributed by atoms with van der Waals surface area (Å²) in [4.78, 5) is 6.56. The minimum atomic E-state index is 0.374. The summed E-state index contributed by atoms with van der Waals surface area (Å²) in [6.45, 7) is 6.87. The quantitative estimate of drug-likeness (QED) is 0.837. The molecule has 0 unspecified atom stereocenters. The van der Waals surface area contributed by atoms with Gasteiger partial charge in [0.15, 0.2) is 0 Å². The van der Waals surface area contributed by atoms with Crippen LogP contribution in [-0.2, 0) is 6.54 Å². The molecule has 2 aromatic rings. The summed E-state index contributed by atoms with van der Waals surface area (Å²) >= 11 is 1.44. The molecule has 2 rings (SSSR count). The zero-order valence-corrected chi connectivity index (χ0v) is 11.4. The molecule has 0 atom stereocenters. The van der Waals surface area contributed by atoms with Gasteiger partial charge in [0.1, 0.15) is 17.3 Å². The molecular formula is C12H17N3OS. The lowest BCUT2D eigenvalue weighted by Gasteiger charge is -2.12. The number of hydrogen-bond acceptors (Lipinski definition) is 5. The zero-order chi connectivity index (χ0) is 12.4. The molecule has 4 nitrogen and oxygen atoms in total. The standard InChI is InChI=1S/C12H17N3OS/c1-8(2)11-13-12(17-14-11)15(4)7-10-6-5-9(3)16-10/h5-6,8H,7H2,1-4H3. The first-order valence-corrected chi connectivity index (χ1v) is 6.43. The Labute approximate surface area is 105 Å². The fourth-order valence-electron chi connectivity index (χ4n) is 1.49. The van der Waals surface area contributed by atoms with Gasteiger partial charge >= 0.3 is 0 Å². The highest BCUT2D eigenvalue weighted by Gasteiger charge is 2.12. The van der Waals surface area contributed by atoms with E-state index in [1.54, 1.807) is 0 Å². The predicted molar refractivity (Wildman–Crippen MR) is 69.6 cm³/mol. The third kappa shape index (κ3) is 2.85. The Bertz CT molecular complexity index is 489. The Morgan fingerprint density at radius 2 is 2.18 bits per heavy atom. The van der Waals surface area contributed by atoms with Crippen LogP contribution < -0.4 is 4.90 Å². The largest absolute Gasteiger partial charge is 0.464 e. The van der Waals surface area contributed by atoms with Crippen molar-refractivity contribution in [2.45, 2.75) is 33.2 Å². The average molecular weight is 251 g/mol. The van der Waals surface area contributed by atoms with E-state index in [4.69, 9.17) is 4.42 Å². The van der Waals surface area contributed by atoms with Crippen LogP contribution in [0, 0.1) is 6.92 Å².